The molecule has 12 heavy (non-hydrogen) atoms. The zero-order chi connectivity index (χ0) is 6.83. The smallest absolute Gasteiger partial charge is 1.00 e. The Balaban J connectivity index is -0.0000000112. The van der Waals surface area contributed by atoms with Crippen molar-refractivity contribution in [2.75, 3.05) is 0 Å². The fourth-order valence-corrected chi connectivity index (χ4v) is 0. The molecule has 0 radical (unpaired) electrons. The van der Waals surface area contributed by atoms with Crippen LogP contribution >= 0.6 is 0 Å². The van der Waals surface area contributed by atoms with E-state index in [9.17, 15) is 0 Å². The molecule has 0 heterocycles. The van der Waals surface area contributed by atoms with E-state index in [2.05, 4.69) is 46.4 Å². The average molecular weight is 432 g/mol. The van der Waals surface area contributed by atoms with Crippen molar-refractivity contribution in [1.29, 1.82) is 0 Å². The number of rotatable bonds is 2. The van der Waals surface area contributed by atoms with Crippen molar-refractivity contribution < 1.29 is 57.4 Å². The van der Waals surface area contributed by atoms with Crippen LogP contribution in [0.2, 0.25) is 10.6 Å². The van der Waals surface area contributed by atoms with E-state index in [4.69, 9.17) is 0 Å². The maximum Gasteiger partial charge on any atom is -1.00 e. The van der Waals surface area contributed by atoms with E-state index < -0.39 is 0 Å². The van der Waals surface area contributed by atoms with Crippen molar-refractivity contribution in [2.24, 2.45) is 0 Å². The van der Waals surface area contributed by atoms with Crippen LogP contribution in [-0.2, 0) is 0 Å². The molecule has 0 amide bonds. The second kappa shape index (κ2) is 50.4. The van der Waals surface area contributed by atoms with Crippen molar-refractivity contribution in [2.45, 2.75) is 37.3 Å². The van der Waals surface area contributed by atoms with Crippen molar-refractivity contribution >= 4 is 32.6 Å². The van der Waals surface area contributed by atoms with Gasteiger partial charge in [0.2, 0.25) is 0 Å². The molecule has 0 spiro atoms. The predicted molar refractivity (Wildman–Crippen MR) is 41.7 cm³/mol. The minimum Gasteiger partial charge on any atom is -1.00 e. The molecule has 0 bridgehead atoms. The molecule has 0 saturated carbocycles. The number of hydrogen-bond acceptors (Lipinski definition) is 0. The van der Waals surface area contributed by atoms with Gasteiger partial charge in [-0.2, -0.15) is 0 Å². The first-order chi connectivity index (χ1) is 3.83. The van der Waals surface area contributed by atoms with Crippen molar-refractivity contribution in [3.05, 3.63) is 0 Å². The molecule has 0 unspecified atom stereocenters. The minimum absolute atomic E-state index is 0. The number of hydrogen-bond donors (Lipinski definition) is 0. The summed E-state index contributed by atoms with van der Waals surface area (Å²) in [6, 6.07) is 0. The van der Waals surface area contributed by atoms with Crippen LogP contribution in [0, 0.1) is 0 Å². The Morgan fingerprint density at radius 2 is 0.833 bits per heavy atom. The molecule has 0 aliphatic heterocycles. The Labute approximate surface area is 126 Å². The molecule has 0 aromatic carbocycles. The molecule has 0 nitrogen and oxygen atoms in total. The van der Waals surface area contributed by atoms with Gasteiger partial charge in [-0.1, -0.05) is 0 Å². The fourth-order valence-electron chi connectivity index (χ4n) is 0. The van der Waals surface area contributed by atoms with Crippen LogP contribution in [0.3, 0.4) is 0 Å². The summed E-state index contributed by atoms with van der Waals surface area (Å²) in [5, 5.41) is 2.47. The zero-order valence-electron chi connectivity index (χ0n) is 7.49. The van der Waals surface area contributed by atoms with Gasteiger partial charge in [0.1, 0.15) is 0 Å². The molecular weight excluding hydrogens is 418 g/mol. The average Bonchev–Trinajstić information content (AvgIpc) is 1.88. The summed E-state index contributed by atoms with van der Waals surface area (Å²) in [6.07, 6.45) is 2.56. The van der Waals surface area contributed by atoms with E-state index in [0.29, 0.717) is 0 Å². The summed E-state index contributed by atoms with van der Waals surface area (Å²) >= 11 is 5.31. The molecule has 6 heteroatoms. The van der Waals surface area contributed by atoms with Crippen LogP contribution in [0.5, 0.6) is 0 Å². The Hall–Kier alpha value is 2.38. The third-order valence-electron chi connectivity index (χ3n) is 0.577. The van der Waals surface area contributed by atoms with Gasteiger partial charge in [-0.05, 0) is 0 Å². The minimum atomic E-state index is 0. The molecule has 0 atom stereocenters. The fraction of sp³-hybridized carbons (Fsp3) is 1.00. The SMILES string of the molecule is CC[CH2][Al+2].CC[CH2][Al+2].[F-].[F-].[I-].[I-]. The number of halogens is 4. The zero-order valence-corrected chi connectivity index (χ0v) is 14.1. The maximum atomic E-state index is 2.66. The standard InChI is InChI=1S/2C3H7.2Al.2FH.2HI/c2*1-3-2;;;;;;/h2*1,3H2,2H3;;;4*1H/q;;2*+2;;;;/p-4. The van der Waals surface area contributed by atoms with Crippen LogP contribution in [0.15, 0.2) is 0 Å². The van der Waals surface area contributed by atoms with E-state index in [1.54, 1.807) is 0 Å². The van der Waals surface area contributed by atoms with Gasteiger partial charge in [-0.25, -0.2) is 0 Å². The third kappa shape index (κ3) is 83.5. The second-order valence-electron chi connectivity index (χ2n) is 1.58. The summed E-state index contributed by atoms with van der Waals surface area (Å²) in [5.74, 6) is 0. The van der Waals surface area contributed by atoms with Gasteiger partial charge in [0, 0.05) is 0 Å². The van der Waals surface area contributed by atoms with E-state index in [1.165, 1.54) is 23.4 Å². The van der Waals surface area contributed by atoms with Gasteiger partial charge >= 0.3 is 69.8 Å². The first kappa shape index (κ1) is 36.7. The summed E-state index contributed by atoms with van der Waals surface area (Å²) in [6.45, 7) is 4.32. The van der Waals surface area contributed by atoms with Crippen LogP contribution in [0.1, 0.15) is 26.7 Å². The van der Waals surface area contributed by atoms with E-state index in [-0.39, 0.29) is 57.4 Å². The molecule has 0 rings (SSSR count). The molecule has 0 aromatic rings. The summed E-state index contributed by atoms with van der Waals surface area (Å²) < 4.78 is 0. The Kier molecular flexibility index (Phi) is 154. The van der Waals surface area contributed by atoms with Crippen LogP contribution in [-0.4, -0.2) is 32.6 Å². The predicted octanol–water partition coefficient (Wildman–Crippen LogP) is -10.0. The first-order valence-electron chi connectivity index (χ1n) is 3.23. The Bertz CT molecular complexity index is 29.5. The molecule has 0 aromatic heterocycles. The van der Waals surface area contributed by atoms with Crippen LogP contribution < -0.4 is 57.4 Å². The topological polar surface area (TPSA) is 0 Å². The summed E-state index contributed by atoms with van der Waals surface area (Å²) in [7, 11) is 0. The summed E-state index contributed by atoms with van der Waals surface area (Å²) in [5.41, 5.74) is 0. The van der Waals surface area contributed by atoms with Gasteiger partial charge in [-0.15, -0.1) is 0 Å². The third-order valence-corrected chi connectivity index (χ3v) is 1.73. The normalized spacial score (nSPS) is 5.17. The second-order valence-corrected chi connectivity index (χ2v) is 2.73. The van der Waals surface area contributed by atoms with Gasteiger partial charge in [0.25, 0.3) is 0 Å². The van der Waals surface area contributed by atoms with Crippen molar-refractivity contribution in [3.8, 4) is 0 Å². The van der Waals surface area contributed by atoms with E-state index in [0.717, 1.165) is 0 Å². The van der Waals surface area contributed by atoms with E-state index in [1.807, 2.05) is 0 Å². The Morgan fingerprint density at radius 3 is 0.833 bits per heavy atom. The molecule has 0 aliphatic carbocycles. The quantitative estimate of drug-likeness (QED) is 0.301. The molecule has 0 fully saturated rings. The first-order valence-corrected chi connectivity index (χ1v) is 4.86. The molecule has 0 aliphatic rings. The summed E-state index contributed by atoms with van der Waals surface area (Å²) in [4.78, 5) is 0. The molecule has 0 saturated heterocycles. The van der Waals surface area contributed by atoms with Crippen LogP contribution in [0.4, 0.5) is 0 Å². The molecular formula is C6H14Al2F2I2. The Morgan fingerprint density at radius 1 is 0.750 bits per heavy atom. The van der Waals surface area contributed by atoms with Gasteiger partial charge < -0.3 is 57.4 Å². The monoisotopic (exact) mass is 432 g/mol. The van der Waals surface area contributed by atoms with Crippen molar-refractivity contribution in [1.82, 2.24) is 0 Å². The van der Waals surface area contributed by atoms with Gasteiger partial charge in [0.05, 0.1) is 0 Å². The maximum absolute atomic E-state index is 2.66. The largest absolute Gasteiger partial charge is 1.00 e. The van der Waals surface area contributed by atoms with Gasteiger partial charge in [0.15, 0.2) is 0 Å². The van der Waals surface area contributed by atoms with Crippen LogP contribution in [0.25, 0.3) is 0 Å². The molecule has 0 N–H and O–H groups in total. The van der Waals surface area contributed by atoms with Gasteiger partial charge in [-0.3, -0.25) is 0 Å². The van der Waals surface area contributed by atoms with Crippen molar-refractivity contribution in [3.63, 3.8) is 0 Å². The van der Waals surface area contributed by atoms with E-state index >= 15 is 0 Å². The molecule has 72 valence electrons.